The predicted octanol–water partition coefficient (Wildman–Crippen LogP) is 2.70. The number of ether oxygens (including phenoxy) is 1. The van der Waals surface area contributed by atoms with Crippen LogP contribution in [0.5, 0.6) is 0 Å². The maximum Gasteiger partial charge on any atom is 0.214 e. The van der Waals surface area contributed by atoms with E-state index in [-0.39, 0.29) is 12.0 Å². The van der Waals surface area contributed by atoms with Gasteiger partial charge in [-0.15, -0.1) is 0 Å². The molecule has 0 saturated carbocycles. The Morgan fingerprint density at radius 2 is 1.80 bits per heavy atom. The lowest BCUT2D eigenvalue weighted by Crippen LogP contribution is -2.42. The van der Waals surface area contributed by atoms with Gasteiger partial charge in [0.15, 0.2) is 0 Å². The molecule has 2 atom stereocenters. The van der Waals surface area contributed by atoms with Gasteiger partial charge in [0.1, 0.15) is 0 Å². The Labute approximate surface area is 147 Å². The van der Waals surface area contributed by atoms with Crippen molar-refractivity contribution >= 4 is 10.0 Å². The van der Waals surface area contributed by atoms with Crippen molar-refractivity contribution in [3.05, 3.63) is 54.1 Å². The zero-order valence-electron chi connectivity index (χ0n) is 14.1. The molecule has 0 aliphatic carbocycles. The van der Waals surface area contributed by atoms with Gasteiger partial charge in [-0.25, -0.2) is 18.1 Å². The van der Waals surface area contributed by atoms with E-state index in [0.717, 1.165) is 16.7 Å². The number of benzene rings is 1. The third-order valence-corrected chi connectivity index (χ3v) is 6.29. The van der Waals surface area contributed by atoms with Crippen molar-refractivity contribution in [1.82, 2.24) is 9.71 Å². The van der Waals surface area contributed by atoms with Gasteiger partial charge in [0.25, 0.3) is 0 Å². The number of sulfonamides is 1. The molecule has 2 unspecified atom stereocenters. The molecule has 1 fully saturated rings. The van der Waals surface area contributed by atoms with Crippen LogP contribution in [0.25, 0.3) is 11.1 Å². The minimum absolute atomic E-state index is 0.0334. The predicted molar refractivity (Wildman–Crippen MR) is 94.2 cm³/mol. The van der Waals surface area contributed by atoms with Gasteiger partial charge >= 0.3 is 0 Å². The number of rotatable bonds is 5. The summed E-state index contributed by atoms with van der Waals surface area (Å²) in [7, 11) is -3.35. The van der Waals surface area contributed by atoms with Crippen LogP contribution in [-0.2, 0) is 14.8 Å². The van der Waals surface area contributed by atoms with Crippen LogP contribution in [0.1, 0.15) is 25.3 Å². The lowest BCUT2D eigenvalue weighted by atomic mass is 9.93. The molecule has 0 spiro atoms. The van der Waals surface area contributed by atoms with E-state index < -0.39 is 21.2 Å². The largest absolute Gasteiger partial charge is 0.379 e. The summed E-state index contributed by atoms with van der Waals surface area (Å²) in [5.74, 6) is -0.544. The summed E-state index contributed by atoms with van der Waals surface area (Å²) < 4.78 is 45.4. The Balaban J connectivity index is 1.78. The van der Waals surface area contributed by atoms with Crippen LogP contribution in [0, 0.1) is 5.95 Å². The molecule has 5 nitrogen and oxygen atoms in total. The van der Waals surface area contributed by atoms with Gasteiger partial charge in [-0.2, -0.15) is 4.39 Å². The van der Waals surface area contributed by atoms with Gasteiger partial charge in [-0.3, -0.25) is 0 Å². The molecule has 1 saturated heterocycles. The minimum atomic E-state index is -3.35. The van der Waals surface area contributed by atoms with Crippen molar-refractivity contribution in [2.24, 2.45) is 0 Å². The highest BCUT2D eigenvalue weighted by atomic mass is 32.2. The third kappa shape index (κ3) is 4.05. The highest BCUT2D eigenvalue weighted by Crippen LogP contribution is 2.29. The van der Waals surface area contributed by atoms with Crippen molar-refractivity contribution in [2.45, 2.75) is 31.1 Å². The number of hydrogen-bond donors (Lipinski definition) is 1. The Kier molecular flexibility index (Phi) is 5.17. The van der Waals surface area contributed by atoms with Crippen molar-refractivity contribution in [3.8, 4) is 11.1 Å². The van der Waals surface area contributed by atoms with Gasteiger partial charge in [-0.05, 0) is 37.1 Å². The molecule has 1 N–H and O–H groups in total. The number of hydrogen-bond acceptors (Lipinski definition) is 4. The molecular weight excluding hydrogens is 343 g/mol. The molecule has 3 rings (SSSR count). The van der Waals surface area contributed by atoms with E-state index in [1.54, 1.807) is 19.9 Å². The number of nitrogens with one attached hydrogen (secondary N) is 1. The van der Waals surface area contributed by atoms with Gasteiger partial charge < -0.3 is 4.74 Å². The summed E-state index contributed by atoms with van der Waals surface area (Å²) in [5, 5.41) is -0.484. The maximum absolute atomic E-state index is 12.9. The van der Waals surface area contributed by atoms with Crippen molar-refractivity contribution in [1.29, 1.82) is 0 Å². The van der Waals surface area contributed by atoms with Crippen LogP contribution in [-0.4, -0.2) is 37.9 Å². The smallest absolute Gasteiger partial charge is 0.214 e. The first-order valence-corrected chi connectivity index (χ1v) is 9.72. The van der Waals surface area contributed by atoms with Gasteiger partial charge in [0.05, 0.1) is 24.5 Å². The van der Waals surface area contributed by atoms with E-state index in [4.69, 9.17) is 4.74 Å². The third-order valence-electron chi connectivity index (χ3n) is 4.42. The molecule has 1 aromatic heterocycles. The second kappa shape index (κ2) is 7.19. The molecule has 0 radical (unpaired) electrons. The highest BCUT2D eigenvalue weighted by molar-refractivity contribution is 7.90. The van der Waals surface area contributed by atoms with Gasteiger partial charge in [0.2, 0.25) is 16.0 Å². The fourth-order valence-electron chi connectivity index (χ4n) is 2.82. The van der Waals surface area contributed by atoms with Crippen LogP contribution in [0.2, 0.25) is 0 Å². The summed E-state index contributed by atoms with van der Waals surface area (Å²) in [6, 6.07) is 10.5. The Morgan fingerprint density at radius 3 is 2.40 bits per heavy atom. The Bertz CT molecular complexity index is 820. The summed E-state index contributed by atoms with van der Waals surface area (Å²) in [6.07, 6.45) is 1.49. The monoisotopic (exact) mass is 364 g/mol. The summed E-state index contributed by atoms with van der Waals surface area (Å²) in [4.78, 5) is 3.66. The Morgan fingerprint density at radius 1 is 1.12 bits per heavy atom. The standard InChI is InChI=1S/C18H21FN2O3S/c1-12(2)25(22,23)21-17-11-24-10-16(17)14-5-3-13(4-6-14)15-7-8-18(19)20-9-15/h3-9,12,16-17,21H,10-11H2,1-2H3. The SMILES string of the molecule is CC(C)S(=O)(=O)NC1COCC1c1ccc(-c2ccc(F)nc2)cc1. The fraction of sp³-hybridized carbons (Fsp3) is 0.389. The Hall–Kier alpha value is -1.83. The lowest BCUT2D eigenvalue weighted by molar-refractivity contribution is 0.189. The number of halogens is 1. The second-order valence-corrected chi connectivity index (χ2v) is 8.72. The van der Waals surface area contributed by atoms with E-state index in [0.29, 0.717) is 13.2 Å². The highest BCUT2D eigenvalue weighted by Gasteiger charge is 2.33. The van der Waals surface area contributed by atoms with Crippen LogP contribution in [0.4, 0.5) is 4.39 Å². The van der Waals surface area contributed by atoms with E-state index in [2.05, 4.69) is 9.71 Å². The molecule has 0 amide bonds. The van der Waals surface area contributed by atoms with Gasteiger partial charge in [0, 0.05) is 17.7 Å². The zero-order chi connectivity index (χ0) is 18.0. The van der Waals surface area contributed by atoms with Crippen LogP contribution < -0.4 is 4.72 Å². The maximum atomic E-state index is 12.9. The van der Waals surface area contributed by atoms with Crippen LogP contribution in [0.15, 0.2) is 42.6 Å². The van der Waals surface area contributed by atoms with E-state index >= 15 is 0 Å². The first-order valence-electron chi connectivity index (χ1n) is 8.17. The fourth-order valence-corrected chi connectivity index (χ4v) is 3.74. The number of pyridine rings is 1. The molecule has 2 heterocycles. The first kappa shape index (κ1) is 18.0. The quantitative estimate of drug-likeness (QED) is 0.829. The zero-order valence-corrected chi connectivity index (χ0v) is 15.0. The van der Waals surface area contributed by atoms with Crippen molar-refractivity contribution in [2.75, 3.05) is 13.2 Å². The molecule has 7 heteroatoms. The number of nitrogens with zero attached hydrogens (tertiary/aromatic N) is 1. The minimum Gasteiger partial charge on any atom is -0.379 e. The molecule has 0 bridgehead atoms. The summed E-state index contributed by atoms with van der Waals surface area (Å²) >= 11 is 0. The normalized spacial score (nSPS) is 21.0. The molecule has 134 valence electrons. The first-order chi connectivity index (χ1) is 11.9. The molecule has 2 aromatic rings. The summed E-state index contributed by atoms with van der Waals surface area (Å²) in [5.41, 5.74) is 2.76. The van der Waals surface area contributed by atoms with Gasteiger partial charge in [-0.1, -0.05) is 24.3 Å². The van der Waals surface area contributed by atoms with E-state index in [9.17, 15) is 12.8 Å². The average molecular weight is 364 g/mol. The van der Waals surface area contributed by atoms with Crippen molar-refractivity contribution < 1.29 is 17.5 Å². The van der Waals surface area contributed by atoms with Crippen LogP contribution >= 0.6 is 0 Å². The van der Waals surface area contributed by atoms with Crippen molar-refractivity contribution in [3.63, 3.8) is 0 Å². The lowest BCUT2D eigenvalue weighted by Gasteiger charge is -2.21. The van der Waals surface area contributed by atoms with E-state index in [1.165, 1.54) is 12.3 Å². The summed E-state index contributed by atoms with van der Waals surface area (Å²) in [6.45, 7) is 4.14. The topological polar surface area (TPSA) is 68.3 Å². The molecule has 1 aliphatic heterocycles. The average Bonchev–Trinajstić information content (AvgIpc) is 3.03. The number of aromatic nitrogens is 1. The second-order valence-electron chi connectivity index (χ2n) is 6.45. The molecule has 25 heavy (non-hydrogen) atoms. The molecular formula is C18H21FN2O3S. The van der Waals surface area contributed by atoms with Crippen LogP contribution in [0.3, 0.4) is 0 Å². The molecule has 1 aliphatic rings. The van der Waals surface area contributed by atoms with E-state index in [1.807, 2.05) is 24.3 Å². The molecule has 1 aromatic carbocycles.